The van der Waals surface area contributed by atoms with Crippen LogP contribution >= 0.6 is 0 Å². The number of ether oxygens (including phenoxy) is 1. The van der Waals surface area contributed by atoms with Crippen molar-refractivity contribution < 1.29 is 22.3 Å². The number of benzene rings is 3. The van der Waals surface area contributed by atoms with Gasteiger partial charge in [-0.1, -0.05) is 24.0 Å². The minimum Gasteiger partial charge on any atom is -0.380 e. The lowest BCUT2D eigenvalue weighted by atomic mass is 10.1. The second-order valence-electron chi connectivity index (χ2n) is 6.71. The Morgan fingerprint density at radius 2 is 1.55 bits per heavy atom. The van der Waals surface area contributed by atoms with E-state index in [4.69, 9.17) is 4.74 Å². The first kappa shape index (κ1) is 20.5. The van der Waals surface area contributed by atoms with Gasteiger partial charge < -0.3 is 4.74 Å². The van der Waals surface area contributed by atoms with Gasteiger partial charge >= 0.3 is 0 Å². The number of fused-ring (bicyclic) bond motifs is 1. The lowest BCUT2D eigenvalue weighted by molar-refractivity contribution is 0.184. The van der Waals surface area contributed by atoms with Gasteiger partial charge in [-0.25, -0.2) is 27.5 Å². The van der Waals surface area contributed by atoms with E-state index in [0.29, 0.717) is 17.6 Å². The zero-order valence-electron chi connectivity index (χ0n) is 16.2. The maximum absolute atomic E-state index is 14.5. The first-order valence-corrected chi connectivity index (χ1v) is 9.15. The topological polar surface area (TPSA) is 35.0 Å². The van der Waals surface area contributed by atoms with Crippen LogP contribution in [0, 0.1) is 35.1 Å². The Hall–Kier alpha value is -3.76. The Kier molecular flexibility index (Phi) is 5.65. The van der Waals surface area contributed by atoms with Crippen LogP contribution in [-0.2, 0) is 11.3 Å². The summed E-state index contributed by atoms with van der Waals surface area (Å²) in [6.07, 6.45) is 3.04. The average Bonchev–Trinajstić information content (AvgIpc) is 2.76. The molecule has 0 aliphatic heterocycles. The van der Waals surface area contributed by atoms with Crippen LogP contribution in [0.5, 0.6) is 0 Å². The van der Waals surface area contributed by atoms with E-state index in [-0.39, 0.29) is 16.8 Å². The Bertz CT molecular complexity index is 1320. The zero-order valence-corrected chi connectivity index (χ0v) is 16.2. The van der Waals surface area contributed by atoms with Gasteiger partial charge in [0.05, 0.1) is 12.2 Å². The van der Waals surface area contributed by atoms with Crippen LogP contribution in [0.4, 0.5) is 17.6 Å². The quantitative estimate of drug-likeness (QED) is 0.328. The molecule has 0 N–H and O–H groups in total. The number of nitrogens with zero attached hydrogens (tertiary/aromatic N) is 2. The second-order valence-corrected chi connectivity index (χ2v) is 6.71. The molecule has 3 nitrogen and oxygen atoms in total. The molecule has 154 valence electrons. The Morgan fingerprint density at radius 3 is 2.23 bits per heavy atom. The predicted octanol–water partition coefficient (Wildman–Crippen LogP) is 5.40. The third-order valence-corrected chi connectivity index (χ3v) is 4.56. The van der Waals surface area contributed by atoms with E-state index in [9.17, 15) is 17.6 Å². The summed E-state index contributed by atoms with van der Waals surface area (Å²) in [5.41, 5.74) is 0.893. The molecule has 7 heteroatoms. The van der Waals surface area contributed by atoms with Gasteiger partial charge in [-0.05, 0) is 35.7 Å². The number of rotatable bonds is 3. The number of hydrogen-bond acceptors (Lipinski definition) is 3. The Morgan fingerprint density at radius 1 is 0.839 bits per heavy atom. The van der Waals surface area contributed by atoms with Crippen molar-refractivity contribution in [3.05, 3.63) is 94.8 Å². The fourth-order valence-corrected chi connectivity index (χ4v) is 3.04. The highest BCUT2D eigenvalue weighted by molar-refractivity contribution is 5.84. The molecular formula is C24H14F4N2O. The van der Waals surface area contributed by atoms with Crippen molar-refractivity contribution >= 4 is 10.8 Å². The maximum Gasteiger partial charge on any atom is 0.166 e. The third kappa shape index (κ3) is 4.25. The van der Waals surface area contributed by atoms with Crippen molar-refractivity contribution in [3.63, 3.8) is 0 Å². The van der Waals surface area contributed by atoms with E-state index in [0.717, 1.165) is 23.8 Å². The van der Waals surface area contributed by atoms with E-state index >= 15 is 0 Å². The summed E-state index contributed by atoms with van der Waals surface area (Å²) in [5.74, 6) is 1.67. The molecular weight excluding hydrogens is 408 g/mol. The highest BCUT2D eigenvalue weighted by Crippen LogP contribution is 2.23. The van der Waals surface area contributed by atoms with E-state index in [1.54, 1.807) is 0 Å². The summed E-state index contributed by atoms with van der Waals surface area (Å²) in [6.45, 7) is 0.327. The van der Waals surface area contributed by atoms with Gasteiger partial charge in [0.2, 0.25) is 0 Å². The van der Waals surface area contributed by atoms with Crippen molar-refractivity contribution in [3.8, 4) is 23.2 Å². The first-order valence-electron chi connectivity index (χ1n) is 9.15. The van der Waals surface area contributed by atoms with Crippen LogP contribution < -0.4 is 0 Å². The van der Waals surface area contributed by atoms with Crippen LogP contribution in [-0.4, -0.2) is 17.1 Å². The lowest BCUT2D eigenvalue weighted by Gasteiger charge is -2.05. The minimum absolute atomic E-state index is 0.101. The molecule has 0 fully saturated rings. The standard InChI is InChI=1S/C24H14F4N2O/c1-31-13-15-11-29-24(30-12-15)17-9-21(26)19(22(27)10-17)6-3-14-2-5-18-16(8-14)4-7-20(25)23(18)28/h2,4-5,7-12H,13H2,1H3. The summed E-state index contributed by atoms with van der Waals surface area (Å²) in [4.78, 5) is 8.19. The highest BCUT2D eigenvalue weighted by atomic mass is 19.2. The monoisotopic (exact) mass is 422 g/mol. The molecule has 4 aromatic rings. The molecule has 0 aliphatic rings. The summed E-state index contributed by atoms with van der Waals surface area (Å²) < 4.78 is 61.2. The number of methoxy groups -OCH3 is 1. The van der Waals surface area contributed by atoms with Crippen LogP contribution in [0.15, 0.2) is 54.9 Å². The summed E-state index contributed by atoms with van der Waals surface area (Å²) in [6, 6.07) is 8.98. The summed E-state index contributed by atoms with van der Waals surface area (Å²) in [5, 5.41) is 0.528. The van der Waals surface area contributed by atoms with Crippen molar-refractivity contribution in [2.45, 2.75) is 6.61 Å². The molecule has 1 aromatic heterocycles. The van der Waals surface area contributed by atoms with Gasteiger partial charge in [-0.2, -0.15) is 0 Å². The van der Waals surface area contributed by atoms with E-state index in [1.807, 2.05) is 0 Å². The van der Waals surface area contributed by atoms with Crippen LogP contribution in [0.25, 0.3) is 22.2 Å². The van der Waals surface area contributed by atoms with Crippen molar-refractivity contribution in [1.29, 1.82) is 0 Å². The normalized spacial score (nSPS) is 10.7. The number of halogens is 4. The summed E-state index contributed by atoms with van der Waals surface area (Å²) in [7, 11) is 1.54. The molecule has 0 amide bonds. The Labute approximate surface area is 175 Å². The number of aromatic nitrogens is 2. The largest absolute Gasteiger partial charge is 0.380 e. The maximum atomic E-state index is 14.5. The molecule has 0 unspecified atom stereocenters. The molecule has 0 bridgehead atoms. The third-order valence-electron chi connectivity index (χ3n) is 4.56. The van der Waals surface area contributed by atoms with E-state index in [2.05, 4.69) is 21.8 Å². The zero-order chi connectivity index (χ0) is 22.0. The minimum atomic E-state index is -0.956. The van der Waals surface area contributed by atoms with E-state index in [1.165, 1.54) is 43.8 Å². The van der Waals surface area contributed by atoms with Crippen molar-refractivity contribution in [2.75, 3.05) is 7.11 Å². The molecule has 4 rings (SSSR count). The molecule has 0 saturated heterocycles. The van der Waals surface area contributed by atoms with Crippen molar-refractivity contribution in [1.82, 2.24) is 9.97 Å². The van der Waals surface area contributed by atoms with Crippen LogP contribution in [0.1, 0.15) is 16.7 Å². The molecule has 1 heterocycles. The molecule has 0 atom stereocenters. The molecule has 0 spiro atoms. The fourth-order valence-electron chi connectivity index (χ4n) is 3.04. The highest BCUT2D eigenvalue weighted by Gasteiger charge is 2.12. The smallest absolute Gasteiger partial charge is 0.166 e. The predicted molar refractivity (Wildman–Crippen MR) is 108 cm³/mol. The number of hydrogen-bond donors (Lipinski definition) is 0. The van der Waals surface area contributed by atoms with Crippen molar-refractivity contribution in [2.24, 2.45) is 0 Å². The first-order chi connectivity index (χ1) is 15.0. The fraction of sp³-hybridized carbons (Fsp3) is 0.0833. The van der Waals surface area contributed by atoms with Gasteiger partial charge in [0.25, 0.3) is 0 Å². The molecule has 0 radical (unpaired) electrons. The molecule has 0 saturated carbocycles. The lowest BCUT2D eigenvalue weighted by Crippen LogP contribution is -1.97. The molecule has 0 aliphatic carbocycles. The van der Waals surface area contributed by atoms with E-state index < -0.39 is 28.8 Å². The van der Waals surface area contributed by atoms with Gasteiger partial charge in [0, 0.05) is 41.6 Å². The van der Waals surface area contributed by atoms with Crippen LogP contribution in [0.3, 0.4) is 0 Å². The SMILES string of the molecule is COCc1cnc(-c2cc(F)c(C#Cc3ccc4c(F)c(F)ccc4c3)c(F)c2)nc1. The summed E-state index contributed by atoms with van der Waals surface area (Å²) >= 11 is 0. The van der Waals surface area contributed by atoms with Gasteiger partial charge in [0.15, 0.2) is 17.5 Å². The molecule has 3 aromatic carbocycles. The second kappa shape index (κ2) is 8.54. The van der Waals surface area contributed by atoms with Gasteiger partial charge in [-0.15, -0.1) is 0 Å². The van der Waals surface area contributed by atoms with Crippen LogP contribution in [0.2, 0.25) is 0 Å². The van der Waals surface area contributed by atoms with Gasteiger partial charge in [0.1, 0.15) is 11.6 Å². The Balaban J connectivity index is 1.65. The average molecular weight is 422 g/mol. The molecule has 31 heavy (non-hydrogen) atoms. The van der Waals surface area contributed by atoms with Gasteiger partial charge in [-0.3, -0.25) is 0 Å².